The van der Waals surface area contributed by atoms with Gasteiger partial charge in [-0.25, -0.2) is 0 Å². The first-order chi connectivity index (χ1) is 8.49. The van der Waals surface area contributed by atoms with E-state index in [1.165, 1.54) is 7.11 Å². The van der Waals surface area contributed by atoms with E-state index in [4.69, 9.17) is 16.3 Å². The number of ether oxygens (including phenoxy) is 1. The molecule has 0 aliphatic rings. The van der Waals surface area contributed by atoms with Gasteiger partial charge < -0.3 is 10.1 Å². The Morgan fingerprint density at radius 1 is 1.50 bits per heavy atom. The average molecular weight is 335 g/mol. The lowest BCUT2D eigenvalue weighted by Gasteiger charge is -2.20. The van der Waals surface area contributed by atoms with E-state index in [1.807, 2.05) is 6.92 Å². The van der Waals surface area contributed by atoms with Crippen LogP contribution in [-0.2, 0) is 0 Å². The van der Waals surface area contributed by atoms with E-state index in [9.17, 15) is 4.79 Å². The predicted octanol–water partition coefficient (Wildman–Crippen LogP) is 3.50. The Hall–Kier alpha value is -0.740. The van der Waals surface area contributed by atoms with Crippen LogP contribution >= 0.6 is 27.5 Å². The lowest BCUT2D eigenvalue weighted by Crippen LogP contribution is -2.37. The number of carbonyl (C=O) groups excluding carboxylic acids is 1. The maximum absolute atomic E-state index is 12.1. The Balaban J connectivity index is 2.84. The summed E-state index contributed by atoms with van der Waals surface area (Å²) in [4.78, 5) is 12.1. The van der Waals surface area contributed by atoms with Gasteiger partial charge in [0.25, 0.3) is 5.91 Å². The predicted molar refractivity (Wildman–Crippen MR) is 77.9 cm³/mol. The first kappa shape index (κ1) is 15.3. The maximum Gasteiger partial charge on any atom is 0.255 e. The van der Waals surface area contributed by atoms with Crippen molar-refractivity contribution in [3.8, 4) is 5.75 Å². The summed E-state index contributed by atoms with van der Waals surface area (Å²) in [5.74, 6) is 0.690. The molecule has 5 heteroatoms. The molecule has 0 bridgehead atoms. The Labute approximate surface area is 121 Å². The van der Waals surface area contributed by atoms with Gasteiger partial charge in [-0.1, -0.05) is 34.5 Å². The molecule has 0 radical (unpaired) electrons. The Morgan fingerprint density at radius 3 is 2.72 bits per heavy atom. The topological polar surface area (TPSA) is 38.3 Å². The van der Waals surface area contributed by atoms with E-state index >= 15 is 0 Å². The minimum absolute atomic E-state index is 0.0808. The molecule has 0 saturated carbocycles. The van der Waals surface area contributed by atoms with Crippen LogP contribution in [0.2, 0.25) is 5.02 Å². The molecule has 18 heavy (non-hydrogen) atoms. The summed E-state index contributed by atoms with van der Waals surface area (Å²) in [6.07, 6.45) is 0. The number of carbonyl (C=O) groups is 1. The molecule has 0 spiro atoms. The number of amides is 1. The molecule has 1 N–H and O–H groups in total. The molecule has 2 atom stereocenters. The second-order valence-corrected chi connectivity index (χ2v) is 5.32. The van der Waals surface area contributed by atoms with Crippen molar-refractivity contribution >= 4 is 33.4 Å². The lowest BCUT2D eigenvalue weighted by atomic mass is 10.1. The van der Waals surface area contributed by atoms with Crippen LogP contribution in [0, 0.1) is 5.92 Å². The summed E-state index contributed by atoms with van der Waals surface area (Å²) >= 11 is 9.27. The minimum atomic E-state index is -0.149. The molecule has 0 saturated heterocycles. The van der Waals surface area contributed by atoms with E-state index in [-0.39, 0.29) is 11.9 Å². The maximum atomic E-state index is 12.1. The summed E-state index contributed by atoms with van der Waals surface area (Å²) in [6.45, 7) is 4.05. The largest absolute Gasteiger partial charge is 0.496 e. The molecular weight excluding hydrogens is 318 g/mol. The fourth-order valence-electron chi connectivity index (χ4n) is 1.41. The number of benzene rings is 1. The number of rotatable bonds is 5. The number of halogens is 2. The van der Waals surface area contributed by atoms with Gasteiger partial charge in [-0.2, -0.15) is 0 Å². The molecule has 0 aromatic heterocycles. The van der Waals surface area contributed by atoms with Crippen LogP contribution in [0.1, 0.15) is 24.2 Å². The van der Waals surface area contributed by atoms with Crippen molar-refractivity contribution in [2.45, 2.75) is 19.9 Å². The zero-order chi connectivity index (χ0) is 13.7. The third-order valence-electron chi connectivity index (χ3n) is 2.86. The fourth-order valence-corrected chi connectivity index (χ4v) is 2.14. The van der Waals surface area contributed by atoms with Crippen LogP contribution in [0.3, 0.4) is 0 Å². The standard InChI is InChI=1S/C13H17BrClNO2/c1-8(7-14)9(2)16-13(17)11-5-4-10(15)6-12(11)18-3/h4-6,8-9H,7H2,1-3H3,(H,16,17). The third kappa shape index (κ3) is 3.89. The van der Waals surface area contributed by atoms with Crippen LogP contribution in [0.15, 0.2) is 18.2 Å². The van der Waals surface area contributed by atoms with Gasteiger partial charge in [-0.3, -0.25) is 4.79 Å². The summed E-state index contributed by atoms with van der Waals surface area (Å²) in [5.41, 5.74) is 0.496. The number of hydrogen-bond acceptors (Lipinski definition) is 2. The molecule has 0 heterocycles. The zero-order valence-electron chi connectivity index (χ0n) is 10.7. The Bertz CT molecular complexity index is 425. The van der Waals surface area contributed by atoms with Gasteiger partial charge in [0.1, 0.15) is 5.75 Å². The highest BCUT2D eigenvalue weighted by Gasteiger charge is 2.17. The van der Waals surface area contributed by atoms with Gasteiger partial charge in [0.05, 0.1) is 12.7 Å². The van der Waals surface area contributed by atoms with Crippen LogP contribution in [0.5, 0.6) is 5.75 Å². The van der Waals surface area contributed by atoms with Crippen molar-refractivity contribution < 1.29 is 9.53 Å². The first-order valence-corrected chi connectivity index (χ1v) is 7.20. The van der Waals surface area contributed by atoms with Gasteiger partial charge in [0.2, 0.25) is 0 Å². The van der Waals surface area contributed by atoms with E-state index in [0.29, 0.717) is 22.3 Å². The normalized spacial score (nSPS) is 13.8. The second-order valence-electron chi connectivity index (χ2n) is 4.24. The number of alkyl halides is 1. The molecule has 2 unspecified atom stereocenters. The van der Waals surface area contributed by atoms with Gasteiger partial charge in [0, 0.05) is 16.4 Å². The van der Waals surface area contributed by atoms with Crippen molar-refractivity contribution in [2.75, 3.05) is 12.4 Å². The number of methoxy groups -OCH3 is 1. The van der Waals surface area contributed by atoms with Crippen molar-refractivity contribution in [1.29, 1.82) is 0 Å². The first-order valence-electron chi connectivity index (χ1n) is 5.70. The van der Waals surface area contributed by atoms with Crippen LogP contribution in [-0.4, -0.2) is 24.4 Å². The van der Waals surface area contributed by atoms with Crippen molar-refractivity contribution in [3.05, 3.63) is 28.8 Å². The molecule has 100 valence electrons. The molecule has 3 nitrogen and oxygen atoms in total. The van der Waals surface area contributed by atoms with Gasteiger partial charge in [0.15, 0.2) is 0 Å². The Morgan fingerprint density at radius 2 is 2.17 bits per heavy atom. The zero-order valence-corrected chi connectivity index (χ0v) is 13.0. The summed E-state index contributed by atoms with van der Waals surface area (Å²) < 4.78 is 5.16. The second kappa shape index (κ2) is 7.00. The Kier molecular flexibility index (Phi) is 5.96. The summed E-state index contributed by atoms with van der Waals surface area (Å²) in [5, 5.41) is 4.34. The van der Waals surface area contributed by atoms with Crippen LogP contribution in [0.25, 0.3) is 0 Å². The van der Waals surface area contributed by atoms with Crippen LogP contribution in [0.4, 0.5) is 0 Å². The smallest absolute Gasteiger partial charge is 0.255 e. The van der Waals surface area contributed by atoms with Crippen molar-refractivity contribution in [2.24, 2.45) is 5.92 Å². The summed E-state index contributed by atoms with van der Waals surface area (Å²) in [6, 6.07) is 5.06. The van der Waals surface area contributed by atoms with Gasteiger partial charge in [-0.15, -0.1) is 0 Å². The monoisotopic (exact) mass is 333 g/mol. The lowest BCUT2D eigenvalue weighted by molar-refractivity contribution is 0.0928. The fraction of sp³-hybridized carbons (Fsp3) is 0.462. The molecule has 0 aliphatic carbocycles. The van der Waals surface area contributed by atoms with Crippen LogP contribution < -0.4 is 10.1 Å². The quantitative estimate of drug-likeness (QED) is 0.837. The summed E-state index contributed by atoms with van der Waals surface area (Å²) in [7, 11) is 1.52. The van der Waals surface area contributed by atoms with E-state index < -0.39 is 0 Å². The molecule has 1 amide bonds. The molecule has 1 aromatic rings. The highest BCUT2D eigenvalue weighted by molar-refractivity contribution is 9.09. The van der Waals surface area contributed by atoms with Gasteiger partial charge >= 0.3 is 0 Å². The molecule has 1 rings (SSSR count). The van der Waals surface area contributed by atoms with E-state index in [1.54, 1.807) is 18.2 Å². The van der Waals surface area contributed by atoms with E-state index in [0.717, 1.165) is 5.33 Å². The van der Waals surface area contributed by atoms with Crippen molar-refractivity contribution in [3.63, 3.8) is 0 Å². The highest BCUT2D eigenvalue weighted by Crippen LogP contribution is 2.23. The highest BCUT2D eigenvalue weighted by atomic mass is 79.9. The molecular formula is C13H17BrClNO2. The van der Waals surface area contributed by atoms with E-state index in [2.05, 4.69) is 28.2 Å². The SMILES string of the molecule is COc1cc(Cl)ccc1C(=O)NC(C)C(C)CBr. The third-order valence-corrected chi connectivity index (χ3v) is 4.12. The molecule has 0 aliphatic heterocycles. The van der Waals surface area contributed by atoms with Gasteiger partial charge in [-0.05, 0) is 31.0 Å². The molecule has 0 fully saturated rings. The number of nitrogens with one attached hydrogen (secondary N) is 1. The average Bonchev–Trinajstić information content (AvgIpc) is 2.37. The minimum Gasteiger partial charge on any atom is -0.496 e. The number of hydrogen-bond donors (Lipinski definition) is 1. The van der Waals surface area contributed by atoms with Crippen molar-refractivity contribution in [1.82, 2.24) is 5.32 Å². The molecule has 1 aromatic carbocycles.